The van der Waals surface area contributed by atoms with Crippen LogP contribution in [0.4, 0.5) is 0 Å². The Kier molecular flexibility index (Phi) is 3.26. The quantitative estimate of drug-likeness (QED) is 0.815. The largest absolute Gasteiger partial charge is 0.360 e. The molecule has 1 heterocycles. The molecule has 0 unspecified atom stereocenters. The fourth-order valence-electron chi connectivity index (χ4n) is 2.22. The van der Waals surface area contributed by atoms with Crippen LogP contribution in [-0.4, -0.2) is 22.3 Å². The molecule has 2 aromatic rings. The number of fused-ring (bicyclic) bond motifs is 1. The molecular formula is C15H20N2O. The van der Waals surface area contributed by atoms with Gasteiger partial charge < -0.3 is 10.3 Å². The molecule has 0 aliphatic carbocycles. The van der Waals surface area contributed by atoms with Gasteiger partial charge in [-0.05, 0) is 33.8 Å². The van der Waals surface area contributed by atoms with Gasteiger partial charge in [0.2, 0.25) is 0 Å². The molecule has 0 amide bonds. The highest BCUT2D eigenvalue weighted by molar-refractivity contribution is 6.10. The first-order valence-corrected chi connectivity index (χ1v) is 6.26. The zero-order chi connectivity index (χ0) is 13.3. The zero-order valence-corrected chi connectivity index (χ0v) is 11.4. The third kappa shape index (κ3) is 2.62. The third-order valence-corrected chi connectivity index (χ3v) is 2.90. The second-order valence-corrected chi connectivity index (χ2v) is 5.73. The number of para-hydroxylation sites is 1. The molecule has 0 saturated heterocycles. The molecule has 0 spiro atoms. The van der Waals surface area contributed by atoms with Gasteiger partial charge in [0.25, 0.3) is 0 Å². The van der Waals surface area contributed by atoms with E-state index in [9.17, 15) is 4.79 Å². The van der Waals surface area contributed by atoms with Crippen molar-refractivity contribution >= 4 is 16.7 Å². The normalized spacial score (nSPS) is 13.8. The summed E-state index contributed by atoms with van der Waals surface area (Å²) in [6, 6.07) is 7.68. The molecule has 1 atom stereocenters. The molecule has 3 nitrogen and oxygen atoms in total. The third-order valence-electron chi connectivity index (χ3n) is 2.90. The lowest BCUT2D eigenvalue weighted by molar-refractivity contribution is 0.0937. The fraction of sp³-hybridized carbons (Fsp3) is 0.400. The summed E-state index contributed by atoms with van der Waals surface area (Å²) in [6.45, 7) is 8.10. The molecule has 0 radical (unpaired) electrons. The smallest absolute Gasteiger partial charge is 0.181 e. The fourth-order valence-corrected chi connectivity index (χ4v) is 2.22. The second kappa shape index (κ2) is 4.58. The van der Waals surface area contributed by atoms with Crippen LogP contribution >= 0.6 is 0 Å². The van der Waals surface area contributed by atoms with Gasteiger partial charge in [-0.25, -0.2) is 0 Å². The first kappa shape index (κ1) is 12.8. The van der Waals surface area contributed by atoms with Crippen LogP contribution in [0.2, 0.25) is 0 Å². The van der Waals surface area contributed by atoms with E-state index in [0.29, 0.717) is 0 Å². The van der Waals surface area contributed by atoms with Crippen molar-refractivity contribution in [1.29, 1.82) is 0 Å². The zero-order valence-electron chi connectivity index (χ0n) is 11.4. The van der Waals surface area contributed by atoms with E-state index in [1.54, 1.807) is 6.20 Å². The lowest BCUT2D eigenvalue weighted by atomic mass is 10.0. The van der Waals surface area contributed by atoms with Crippen LogP contribution in [0.25, 0.3) is 10.9 Å². The number of hydrogen-bond acceptors (Lipinski definition) is 2. The van der Waals surface area contributed by atoms with Crippen LogP contribution in [-0.2, 0) is 0 Å². The van der Waals surface area contributed by atoms with Gasteiger partial charge in [-0.1, -0.05) is 18.2 Å². The number of rotatable bonds is 3. The first-order valence-electron chi connectivity index (χ1n) is 6.26. The predicted octanol–water partition coefficient (Wildman–Crippen LogP) is 3.13. The summed E-state index contributed by atoms with van der Waals surface area (Å²) in [7, 11) is 0. The van der Waals surface area contributed by atoms with Crippen molar-refractivity contribution in [1.82, 2.24) is 10.3 Å². The average molecular weight is 244 g/mol. The highest BCUT2D eigenvalue weighted by Crippen LogP contribution is 2.19. The van der Waals surface area contributed by atoms with Crippen molar-refractivity contribution in [2.24, 2.45) is 0 Å². The minimum Gasteiger partial charge on any atom is -0.360 e. The Morgan fingerprint density at radius 3 is 2.61 bits per heavy atom. The number of Topliss-reactive ketones (excluding diaryl/α,β-unsaturated/α-hetero) is 1. The van der Waals surface area contributed by atoms with E-state index >= 15 is 0 Å². The molecule has 2 rings (SSSR count). The van der Waals surface area contributed by atoms with E-state index in [4.69, 9.17) is 0 Å². The van der Waals surface area contributed by atoms with Gasteiger partial charge in [-0.2, -0.15) is 0 Å². The van der Waals surface area contributed by atoms with Crippen molar-refractivity contribution in [2.75, 3.05) is 0 Å². The van der Waals surface area contributed by atoms with Gasteiger partial charge >= 0.3 is 0 Å². The van der Waals surface area contributed by atoms with E-state index < -0.39 is 0 Å². The van der Waals surface area contributed by atoms with Crippen LogP contribution in [0, 0.1) is 0 Å². The van der Waals surface area contributed by atoms with Gasteiger partial charge in [0, 0.05) is 28.2 Å². The molecule has 96 valence electrons. The first-order chi connectivity index (χ1) is 8.38. The van der Waals surface area contributed by atoms with Crippen molar-refractivity contribution < 1.29 is 4.79 Å². The standard InChI is InChI=1S/C15H20N2O/c1-10(17-15(2,3)4)14(18)12-9-16-13-8-6-5-7-11(12)13/h5-10,16-17H,1-4H3/t10-/m1/s1. The Hall–Kier alpha value is -1.61. The Bertz CT molecular complexity index is 563. The molecule has 0 fully saturated rings. The van der Waals surface area contributed by atoms with Crippen LogP contribution in [0.3, 0.4) is 0 Å². The van der Waals surface area contributed by atoms with Crippen LogP contribution in [0.15, 0.2) is 30.5 Å². The van der Waals surface area contributed by atoms with Crippen molar-refractivity contribution in [3.05, 3.63) is 36.0 Å². The lowest BCUT2D eigenvalue weighted by Crippen LogP contribution is -2.46. The molecular weight excluding hydrogens is 224 g/mol. The van der Waals surface area contributed by atoms with Gasteiger partial charge in [-0.15, -0.1) is 0 Å². The maximum absolute atomic E-state index is 12.4. The van der Waals surface area contributed by atoms with Crippen LogP contribution in [0.5, 0.6) is 0 Å². The van der Waals surface area contributed by atoms with E-state index in [0.717, 1.165) is 16.5 Å². The maximum atomic E-state index is 12.4. The molecule has 0 aliphatic rings. The van der Waals surface area contributed by atoms with Gasteiger partial charge in [0.1, 0.15) is 0 Å². The molecule has 1 aromatic heterocycles. The average Bonchev–Trinajstić information content (AvgIpc) is 2.69. The molecule has 1 aromatic carbocycles. The number of carbonyl (C=O) groups is 1. The number of carbonyl (C=O) groups excluding carboxylic acids is 1. The van der Waals surface area contributed by atoms with E-state index in [-0.39, 0.29) is 17.4 Å². The number of aromatic nitrogens is 1. The van der Waals surface area contributed by atoms with Gasteiger partial charge in [0.15, 0.2) is 5.78 Å². The highest BCUT2D eigenvalue weighted by atomic mass is 16.1. The number of ketones is 1. The number of H-pyrrole nitrogens is 1. The summed E-state index contributed by atoms with van der Waals surface area (Å²) in [5.74, 6) is 0.127. The maximum Gasteiger partial charge on any atom is 0.181 e. The summed E-state index contributed by atoms with van der Waals surface area (Å²) in [5, 5.41) is 4.30. The summed E-state index contributed by atoms with van der Waals surface area (Å²) < 4.78 is 0. The molecule has 3 heteroatoms. The molecule has 0 saturated carbocycles. The number of nitrogens with one attached hydrogen (secondary N) is 2. The molecule has 0 aliphatic heterocycles. The van der Waals surface area contributed by atoms with Crippen molar-refractivity contribution in [3.8, 4) is 0 Å². The Balaban J connectivity index is 2.29. The lowest BCUT2D eigenvalue weighted by Gasteiger charge is -2.25. The van der Waals surface area contributed by atoms with Crippen molar-refractivity contribution in [2.45, 2.75) is 39.3 Å². The van der Waals surface area contributed by atoms with E-state index in [1.165, 1.54) is 0 Å². The van der Waals surface area contributed by atoms with Gasteiger partial charge in [-0.3, -0.25) is 4.79 Å². The molecule has 0 bridgehead atoms. The van der Waals surface area contributed by atoms with E-state index in [1.807, 2.05) is 31.2 Å². The van der Waals surface area contributed by atoms with Gasteiger partial charge in [0.05, 0.1) is 6.04 Å². The summed E-state index contributed by atoms with van der Waals surface area (Å²) in [5.41, 5.74) is 1.69. The minimum atomic E-state index is -0.191. The van der Waals surface area contributed by atoms with Crippen LogP contribution in [0.1, 0.15) is 38.1 Å². The minimum absolute atomic E-state index is 0.0683. The highest BCUT2D eigenvalue weighted by Gasteiger charge is 2.22. The summed E-state index contributed by atoms with van der Waals surface area (Å²) in [4.78, 5) is 15.6. The summed E-state index contributed by atoms with van der Waals surface area (Å²) >= 11 is 0. The van der Waals surface area contributed by atoms with Crippen molar-refractivity contribution in [3.63, 3.8) is 0 Å². The Labute approximate surface area is 108 Å². The predicted molar refractivity (Wildman–Crippen MR) is 75.0 cm³/mol. The Morgan fingerprint density at radius 2 is 1.94 bits per heavy atom. The molecule has 2 N–H and O–H groups in total. The number of benzene rings is 1. The monoisotopic (exact) mass is 244 g/mol. The second-order valence-electron chi connectivity index (χ2n) is 5.73. The number of hydrogen-bond donors (Lipinski definition) is 2. The molecule has 18 heavy (non-hydrogen) atoms. The van der Waals surface area contributed by atoms with E-state index in [2.05, 4.69) is 31.1 Å². The SMILES string of the molecule is C[C@@H](NC(C)(C)C)C(=O)c1c[nH]c2ccccc12. The topological polar surface area (TPSA) is 44.9 Å². The summed E-state index contributed by atoms with van der Waals surface area (Å²) in [6.07, 6.45) is 1.80. The number of aromatic amines is 1. The van der Waals surface area contributed by atoms with Crippen LogP contribution < -0.4 is 5.32 Å². The Morgan fingerprint density at radius 1 is 1.28 bits per heavy atom.